The minimum atomic E-state index is -4.18. The largest absolute Gasteiger partial charge is 0.390 e. The van der Waals surface area contributed by atoms with Crippen LogP contribution in [0.4, 0.5) is 13.2 Å². The van der Waals surface area contributed by atoms with Gasteiger partial charge in [-0.25, -0.2) is 0 Å². The summed E-state index contributed by atoms with van der Waals surface area (Å²) in [6.07, 6.45) is -5.13. The van der Waals surface area contributed by atoms with Crippen LogP contribution in [0.15, 0.2) is 11.4 Å². The lowest BCUT2D eigenvalue weighted by Crippen LogP contribution is -2.19. The maximum atomic E-state index is 12.0. The molecule has 1 aromatic heterocycles. The zero-order chi connectivity index (χ0) is 10.1. The molecule has 0 fully saturated rings. The van der Waals surface area contributed by atoms with Crippen LogP contribution in [-0.4, -0.2) is 6.18 Å². The van der Waals surface area contributed by atoms with Gasteiger partial charge in [-0.1, -0.05) is 0 Å². The number of rotatable bonds is 2. The summed E-state index contributed by atoms with van der Waals surface area (Å²) >= 11 is 1.27. The SMILES string of the molecule is Cc1ccsc1[C@H](N)CC(F)(F)F. The summed E-state index contributed by atoms with van der Waals surface area (Å²) in [6, 6.07) is 0.857. The van der Waals surface area contributed by atoms with Crippen LogP contribution in [0, 0.1) is 6.92 Å². The minimum absolute atomic E-state index is 0.623. The van der Waals surface area contributed by atoms with E-state index in [1.807, 2.05) is 0 Å². The average molecular weight is 209 g/mol. The van der Waals surface area contributed by atoms with Crippen molar-refractivity contribution in [3.05, 3.63) is 21.9 Å². The van der Waals surface area contributed by atoms with Crippen LogP contribution in [0.2, 0.25) is 0 Å². The maximum Gasteiger partial charge on any atom is 0.390 e. The first-order valence-electron chi connectivity index (χ1n) is 3.76. The molecule has 0 aliphatic carbocycles. The Morgan fingerprint density at radius 3 is 2.54 bits per heavy atom. The van der Waals surface area contributed by atoms with Gasteiger partial charge in [0.2, 0.25) is 0 Å². The fourth-order valence-electron chi connectivity index (χ4n) is 1.11. The van der Waals surface area contributed by atoms with Crippen molar-refractivity contribution in [2.24, 2.45) is 5.73 Å². The molecule has 1 nitrogen and oxygen atoms in total. The Morgan fingerprint density at radius 2 is 2.15 bits per heavy atom. The molecule has 0 radical (unpaired) electrons. The van der Waals surface area contributed by atoms with Crippen LogP contribution in [0.3, 0.4) is 0 Å². The highest BCUT2D eigenvalue weighted by Gasteiger charge is 2.31. The summed E-state index contributed by atoms with van der Waals surface area (Å²) < 4.78 is 35.9. The van der Waals surface area contributed by atoms with Crippen molar-refractivity contribution < 1.29 is 13.2 Å². The Labute approximate surface area is 78.4 Å². The molecule has 1 aromatic rings. The molecule has 1 atom stereocenters. The summed E-state index contributed by atoms with van der Waals surface area (Å²) in [4.78, 5) is 0.623. The molecule has 0 saturated heterocycles. The van der Waals surface area contributed by atoms with E-state index in [0.29, 0.717) is 4.88 Å². The number of nitrogens with two attached hydrogens (primary N) is 1. The molecule has 13 heavy (non-hydrogen) atoms. The fraction of sp³-hybridized carbons (Fsp3) is 0.500. The highest BCUT2D eigenvalue weighted by Crippen LogP contribution is 2.31. The van der Waals surface area contributed by atoms with Gasteiger partial charge in [0.1, 0.15) is 0 Å². The topological polar surface area (TPSA) is 26.0 Å². The van der Waals surface area contributed by atoms with Crippen LogP contribution >= 0.6 is 11.3 Å². The lowest BCUT2D eigenvalue weighted by molar-refractivity contribution is -0.138. The second-order valence-electron chi connectivity index (χ2n) is 2.89. The molecule has 74 valence electrons. The molecule has 0 aliphatic heterocycles. The first-order valence-corrected chi connectivity index (χ1v) is 4.64. The standard InChI is InChI=1S/C8H10F3NS/c1-5-2-3-13-7(5)6(12)4-8(9,10)11/h2-3,6H,4,12H2,1H3/t6-/m1/s1. The molecule has 0 spiro atoms. The zero-order valence-electron chi connectivity index (χ0n) is 7.06. The normalized spacial score (nSPS) is 14.5. The van der Waals surface area contributed by atoms with Gasteiger partial charge >= 0.3 is 6.18 Å². The number of hydrogen-bond acceptors (Lipinski definition) is 2. The van der Waals surface area contributed by atoms with E-state index in [2.05, 4.69) is 0 Å². The van der Waals surface area contributed by atoms with E-state index in [4.69, 9.17) is 5.73 Å². The average Bonchev–Trinajstić information content (AvgIpc) is 2.30. The van der Waals surface area contributed by atoms with E-state index >= 15 is 0 Å². The summed E-state index contributed by atoms with van der Waals surface area (Å²) in [6.45, 7) is 1.77. The van der Waals surface area contributed by atoms with Gasteiger partial charge in [-0.05, 0) is 23.9 Å². The monoisotopic (exact) mass is 209 g/mol. The third-order valence-electron chi connectivity index (χ3n) is 1.69. The van der Waals surface area contributed by atoms with Crippen LogP contribution in [0.5, 0.6) is 0 Å². The molecule has 0 unspecified atom stereocenters. The molecule has 0 amide bonds. The number of thiophene rings is 1. The van der Waals surface area contributed by atoms with Crippen LogP contribution < -0.4 is 5.73 Å². The quantitative estimate of drug-likeness (QED) is 0.796. The van der Waals surface area contributed by atoms with Gasteiger partial charge in [0, 0.05) is 10.9 Å². The third kappa shape index (κ3) is 3.00. The highest BCUT2D eigenvalue weighted by molar-refractivity contribution is 7.10. The van der Waals surface area contributed by atoms with Gasteiger partial charge in [0.25, 0.3) is 0 Å². The van der Waals surface area contributed by atoms with Crippen LogP contribution in [0.1, 0.15) is 22.9 Å². The Kier molecular flexibility index (Phi) is 2.98. The molecule has 1 rings (SSSR count). The van der Waals surface area contributed by atoms with Gasteiger partial charge in [-0.15, -0.1) is 11.3 Å². The second-order valence-corrected chi connectivity index (χ2v) is 3.84. The van der Waals surface area contributed by atoms with Gasteiger partial charge < -0.3 is 5.73 Å². The van der Waals surface area contributed by atoms with Gasteiger partial charge in [-0.2, -0.15) is 13.2 Å². The highest BCUT2D eigenvalue weighted by atomic mass is 32.1. The summed E-state index contributed by atoms with van der Waals surface area (Å²) in [5, 5.41) is 1.75. The van der Waals surface area contributed by atoms with Gasteiger partial charge in [-0.3, -0.25) is 0 Å². The van der Waals surface area contributed by atoms with Crippen LogP contribution in [-0.2, 0) is 0 Å². The molecule has 0 aromatic carbocycles. The first-order chi connectivity index (χ1) is 5.90. The number of aryl methyl sites for hydroxylation is 1. The van der Waals surface area contributed by atoms with E-state index in [1.165, 1.54) is 11.3 Å². The van der Waals surface area contributed by atoms with Gasteiger partial charge in [0.15, 0.2) is 0 Å². The predicted octanol–water partition coefficient (Wildman–Crippen LogP) is 3.01. The van der Waals surface area contributed by atoms with Crippen molar-refractivity contribution in [2.75, 3.05) is 0 Å². The zero-order valence-corrected chi connectivity index (χ0v) is 7.88. The number of hydrogen-bond donors (Lipinski definition) is 1. The Bertz CT molecular complexity index is 279. The second kappa shape index (κ2) is 3.67. The lowest BCUT2D eigenvalue weighted by atomic mass is 10.1. The lowest BCUT2D eigenvalue weighted by Gasteiger charge is -2.13. The number of alkyl halides is 3. The molecule has 0 bridgehead atoms. The maximum absolute atomic E-state index is 12.0. The van der Waals surface area contributed by atoms with Crippen molar-refractivity contribution in [1.82, 2.24) is 0 Å². The summed E-state index contributed by atoms with van der Waals surface area (Å²) in [5.41, 5.74) is 6.25. The fourth-order valence-corrected chi connectivity index (χ4v) is 2.04. The van der Waals surface area contributed by atoms with Crippen molar-refractivity contribution >= 4 is 11.3 Å². The third-order valence-corrected chi connectivity index (χ3v) is 2.84. The minimum Gasteiger partial charge on any atom is -0.323 e. The molecule has 0 aliphatic rings. The van der Waals surface area contributed by atoms with Crippen LogP contribution in [0.25, 0.3) is 0 Å². The first kappa shape index (κ1) is 10.5. The van der Waals surface area contributed by atoms with E-state index in [-0.39, 0.29) is 0 Å². The predicted molar refractivity (Wildman–Crippen MR) is 46.7 cm³/mol. The Balaban J connectivity index is 2.69. The molecular formula is C8H10F3NS. The molecule has 1 heterocycles. The molecule has 0 saturated carbocycles. The van der Waals surface area contributed by atoms with Gasteiger partial charge in [0.05, 0.1) is 6.42 Å². The van der Waals surface area contributed by atoms with Crippen molar-refractivity contribution in [1.29, 1.82) is 0 Å². The van der Waals surface area contributed by atoms with E-state index < -0.39 is 18.6 Å². The number of halogens is 3. The van der Waals surface area contributed by atoms with Crippen molar-refractivity contribution in [3.8, 4) is 0 Å². The Morgan fingerprint density at radius 1 is 1.54 bits per heavy atom. The summed E-state index contributed by atoms with van der Waals surface area (Å²) in [7, 11) is 0. The smallest absolute Gasteiger partial charge is 0.323 e. The van der Waals surface area contributed by atoms with E-state index in [9.17, 15) is 13.2 Å². The summed E-state index contributed by atoms with van der Waals surface area (Å²) in [5.74, 6) is 0. The van der Waals surface area contributed by atoms with Crippen molar-refractivity contribution in [3.63, 3.8) is 0 Å². The van der Waals surface area contributed by atoms with Crippen molar-refractivity contribution in [2.45, 2.75) is 25.6 Å². The molecule has 5 heteroatoms. The van der Waals surface area contributed by atoms with E-state index in [0.717, 1.165) is 5.56 Å². The molecule has 2 N–H and O–H groups in total. The van der Waals surface area contributed by atoms with E-state index in [1.54, 1.807) is 18.4 Å². The molecular weight excluding hydrogens is 199 g/mol. The Hall–Kier alpha value is -0.550.